The van der Waals surface area contributed by atoms with Crippen LogP contribution in [-0.4, -0.2) is 53.6 Å². The topological polar surface area (TPSA) is 70.2 Å². The van der Waals surface area contributed by atoms with Gasteiger partial charge in [0.1, 0.15) is 18.0 Å². The van der Waals surface area contributed by atoms with Crippen LogP contribution in [0.2, 0.25) is 0 Å². The minimum atomic E-state index is -0.0366. The summed E-state index contributed by atoms with van der Waals surface area (Å²) in [5.41, 5.74) is 1.22. The van der Waals surface area contributed by atoms with Gasteiger partial charge in [-0.25, -0.2) is 9.97 Å². The number of amides is 1. The molecule has 1 aromatic heterocycles. The molecule has 2 heterocycles. The summed E-state index contributed by atoms with van der Waals surface area (Å²) in [4.78, 5) is 22.8. The maximum atomic E-state index is 12.0. The lowest BCUT2D eigenvalue weighted by Crippen LogP contribution is -2.33. The van der Waals surface area contributed by atoms with Crippen LogP contribution in [0.4, 0.5) is 11.6 Å². The summed E-state index contributed by atoms with van der Waals surface area (Å²) in [5.74, 6) is 3.81. The van der Waals surface area contributed by atoms with E-state index >= 15 is 0 Å². The molecule has 3 rings (SSSR count). The van der Waals surface area contributed by atoms with Crippen LogP contribution in [0.15, 0.2) is 42.7 Å². The number of benzene rings is 1. The van der Waals surface area contributed by atoms with E-state index in [0.29, 0.717) is 12.4 Å². The number of thioether (sulfide) groups is 1. The number of hydrogen-bond acceptors (Lipinski definition) is 6. The minimum Gasteiger partial charge on any atom is -0.361 e. The van der Waals surface area contributed by atoms with Crippen LogP contribution in [0.5, 0.6) is 0 Å². The van der Waals surface area contributed by atoms with E-state index in [1.165, 1.54) is 5.56 Å². The lowest BCUT2D eigenvalue weighted by atomic mass is 10.1. The van der Waals surface area contributed by atoms with Gasteiger partial charge in [0.2, 0.25) is 5.91 Å². The second-order valence-electron chi connectivity index (χ2n) is 5.80. The smallest absolute Gasteiger partial charge is 0.239 e. The Hall–Kier alpha value is -2.28. The summed E-state index contributed by atoms with van der Waals surface area (Å²) < 4.78 is 0. The first-order valence-electron chi connectivity index (χ1n) is 8.50. The third-order valence-electron chi connectivity index (χ3n) is 4.00. The average Bonchev–Trinajstić information content (AvgIpc) is 2.68. The van der Waals surface area contributed by atoms with Crippen molar-refractivity contribution in [2.24, 2.45) is 0 Å². The van der Waals surface area contributed by atoms with Crippen LogP contribution in [0.1, 0.15) is 5.56 Å². The van der Waals surface area contributed by atoms with Crippen LogP contribution in [-0.2, 0) is 11.2 Å². The zero-order valence-electron chi connectivity index (χ0n) is 14.1. The molecule has 25 heavy (non-hydrogen) atoms. The second-order valence-corrected chi connectivity index (χ2v) is 7.02. The predicted octanol–water partition coefficient (Wildman–Crippen LogP) is 1.80. The molecule has 1 amide bonds. The van der Waals surface area contributed by atoms with Gasteiger partial charge in [0.05, 0.1) is 6.54 Å². The Morgan fingerprint density at radius 2 is 1.96 bits per heavy atom. The van der Waals surface area contributed by atoms with Crippen LogP contribution in [0.25, 0.3) is 0 Å². The summed E-state index contributed by atoms with van der Waals surface area (Å²) in [6, 6.07) is 12.0. The van der Waals surface area contributed by atoms with E-state index in [2.05, 4.69) is 37.6 Å². The molecule has 0 aliphatic carbocycles. The Labute approximate surface area is 152 Å². The van der Waals surface area contributed by atoms with E-state index in [4.69, 9.17) is 0 Å². The molecule has 2 aromatic rings. The summed E-state index contributed by atoms with van der Waals surface area (Å²) in [6.45, 7) is 2.84. The van der Waals surface area contributed by atoms with Crippen molar-refractivity contribution in [1.29, 1.82) is 0 Å². The molecule has 2 N–H and O–H groups in total. The van der Waals surface area contributed by atoms with Gasteiger partial charge in [0, 0.05) is 37.2 Å². The molecule has 0 saturated carbocycles. The van der Waals surface area contributed by atoms with E-state index < -0.39 is 0 Å². The highest BCUT2D eigenvalue weighted by Crippen LogP contribution is 2.18. The minimum absolute atomic E-state index is 0.0366. The van der Waals surface area contributed by atoms with Gasteiger partial charge in [-0.1, -0.05) is 30.3 Å². The largest absolute Gasteiger partial charge is 0.361 e. The molecule has 1 aromatic carbocycles. The Morgan fingerprint density at radius 3 is 2.76 bits per heavy atom. The summed E-state index contributed by atoms with van der Waals surface area (Å²) >= 11 is 1.96. The fourth-order valence-electron chi connectivity index (χ4n) is 2.63. The van der Waals surface area contributed by atoms with Crippen molar-refractivity contribution in [2.45, 2.75) is 6.42 Å². The second kappa shape index (κ2) is 9.27. The van der Waals surface area contributed by atoms with E-state index in [-0.39, 0.29) is 12.5 Å². The molecule has 1 aliphatic rings. The zero-order chi connectivity index (χ0) is 17.3. The van der Waals surface area contributed by atoms with Gasteiger partial charge in [-0.2, -0.15) is 11.8 Å². The van der Waals surface area contributed by atoms with Crippen molar-refractivity contribution in [3.05, 3.63) is 48.3 Å². The fourth-order valence-corrected chi connectivity index (χ4v) is 3.54. The molecule has 132 valence electrons. The predicted molar refractivity (Wildman–Crippen MR) is 103 cm³/mol. The Balaban J connectivity index is 1.42. The first-order valence-corrected chi connectivity index (χ1v) is 9.66. The molecule has 0 bridgehead atoms. The highest BCUT2D eigenvalue weighted by molar-refractivity contribution is 7.99. The van der Waals surface area contributed by atoms with E-state index in [1.807, 2.05) is 36.0 Å². The van der Waals surface area contributed by atoms with Crippen molar-refractivity contribution in [3.8, 4) is 0 Å². The van der Waals surface area contributed by atoms with Crippen LogP contribution in [0, 0.1) is 0 Å². The summed E-state index contributed by atoms with van der Waals surface area (Å²) in [7, 11) is 0. The number of carbonyl (C=O) groups is 1. The molecule has 7 heteroatoms. The monoisotopic (exact) mass is 357 g/mol. The quantitative estimate of drug-likeness (QED) is 0.787. The zero-order valence-corrected chi connectivity index (χ0v) is 15.0. The van der Waals surface area contributed by atoms with Gasteiger partial charge in [0.25, 0.3) is 0 Å². The summed E-state index contributed by atoms with van der Waals surface area (Å²) in [6.07, 6.45) is 2.38. The number of anilines is 2. The maximum Gasteiger partial charge on any atom is 0.239 e. The highest BCUT2D eigenvalue weighted by Gasteiger charge is 2.13. The van der Waals surface area contributed by atoms with Gasteiger partial charge < -0.3 is 15.5 Å². The molecular formula is C18H23N5OS. The molecule has 1 saturated heterocycles. The summed E-state index contributed by atoms with van der Waals surface area (Å²) in [5, 5.41) is 6.00. The number of rotatable bonds is 7. The van der Waals surface area contributed by atoms with Crippen molar-refractivity contribution in [3.63, 3.8) is 0 Å². The van der Waals surface area contributed by atoms with Gasteiger partial charge >= 0.3 is 0 Å². The van der Waals surface area contributed by atoms with Crippen molar-refractivity contribution >= 4 is 29.3 Å². The first-order chi connectivity index (χ1) is 12.3. The normalized spacial score (nSPS) is 14.2. The number of nitrogens with one attached hydrogen (secondary N) is 2. The van der Waals surface area contributed by atoms with Crippen LogP contribution in [0.3, 0.4) is 0 Å². The Bertz CT molecular complexity index is 676. The van der Waals surface area contributed by atoms with Crippen LogP contribution >= 0.6 is 11.8 Å². The van der Waals surface area contributed by atoms with Crippen LogP contribution < -0.4 is 15.5 Å². The molecule has 0 atom stereocenters. The number of hydrogen-bond donors (Lipinski definition) is 2. The number of aromatic nitrogens is 2. The Morgan fingerprint density at radius 1 is 1.16 bits per heavy atom. The van der Waals surface area contributed by atoms with E-state index in [0.717, 1.165) is 36.8 Å². The molecule has 0 radical (unpaired) electrons. The molecule has 6 nitrogen and oxygen atoms in total. The molecule has 1 aliphatic heterocycles. The van der Waals surface area contributed by atoms with Gasteiger partial charge in [0.15, 0.2) is 0 Å². The lowest BCUT2D eigenvalue weighted by molar-refractivity contribution is -0.119. The van der Waals surface area contributed by atoms with E-state index in [1.54, 1.807) is 6.33 Å². The first kappa shape index (κ1) is 17.5. The Kier molecular flexibility index (Phi) is 6.50. The third kappa shape index (κ3) is 5.63. The maximum absolute atomic E-state index is 12.0. The van der Waals surface area contributed by atoms with Gasteiger partial charge in [-0.05, 0) is 12.0 Å². The fraction of sp³-hybridized carbons (Fsp3) is 0.389. The average molecular weight is 357 g/mol. The van der Waals surface area contributed by atoms with Gasteiger partial charge in [-0.15, -0.1) is 0 Å². The highest BCUT2D eigenvalue weighted by atomic mass is 32.2. The lowest BCUT2D eigenvalue weighted by Gasteiger charge is -2.27. The number of carbonyl (C=O) groups excluding carboxylic acids is 1. The number of nitrogens with zero attached hydrogens (tertiary/aromatic N) is 3. The standard InChI is InChI=1S/C18H23N5OS/c24-18(19-7-6-15-4-2-1-3-5-15)13-20-16-12-17(22-14-21-16)23-8-10-25-11-9-23/h1-5,12,14H,6-11,13H2,(H,19,24)(H,20,21,22). The van der Waals surface area contributed by atoms with Crippen molar-refractivity contribution in [2.75, 3.05) is 47.9 Å². The van der Waals surface area contributed by atoms with Crippen molar-refractivity contribution < 1.29 is 4.79 Å². The van der Waals surface area contributed by atoms with E-state index in [9.17, 15) is 4.79 Å². The molecular weight excluding hydrogens is 334 g/mol. The molecule has 1 fully saturated rings. The van der Waals surface area contributed by atoms with Gasteiger partial charge in [-0.3, -0.25) is 4.79 Å². The molecule has 0 spiro atoms. The SMILES string of the molecule is O=C(CNc1cc(N2CCSCC2)ncn1)NCCc1ccccc1. The third-order valence-corrected chi connectivity index (χ3v) is 4.94. The van der Waals surface area contributed by atoms with Crippen molar-refractivity contribution in [1.82, 2.24) is 15.3 Å². The molecule has 0 unspecified atom stereocenters.